The van der Waals surface area contributed by atoms with Gasteiger partial charge in [0.25, 0.3) is 0 Å². The van der Waals surface area contributed by atoms with E-state index in [4.69, 9.17) is 29.6 Å². The highest BCUT2D eigenvalue weighted by Crippen LogP contribution is 2.21. The lowest BCUT2D eigenvalue weighted by Crippen LogP contribution is -2.22. The molecule has 0 aliphatic heterocycles. The van der Waals surface area contributed by atoms with Crippen molar-refractivity contribution in [1.82, 2.24) is 0 Å². The summed E-state index contributed by atoms with van der Waals surface area (Å²) in [6.07, 6.45) is 0.667. The van der Waals surface area contributed by atoms with Gasteiger partial charge in [0.1, 0.15) is 0 Å². The number of anilines is 1. The number of para-hydroxylation sites is 1. The van der Waals surface area contributed by atoms with Gasteiger partial charge in [0.05, 0.1) is 15.7 Å². The number of nitrogens with one attached hydrogen (secondary N) is 1. The average Bonchev–Trinajstić information content (AvgIpc) is 2.07. The lowest BCUT2D eigenvalue weighted by molar-refractivity contribution is 0.840. The Morgan fingerprint density at radius 1 is 1.57 bits per heavy atom. The van der Waals surface area contributed by atoms with Crippen LogP contribution < -0.4 is 11.1 Å². The summed E-state index contributed by atoms with van der Waals surface area (Å²) in [5, 5.41) is 3.95. The van der Waals surface area contributed by atoms with Crippen molar-refractivity contribution in [2.45, 2.75) is 19.4 Å². The Bertz CT molecular complexity index is 328. The first-order valence-electron chi connectivity index (χ1n) is 4.39. The molecule has 0 saturated carbocycles. The Morgan fingerprint density at radius 2 is 2.21 bits per heavy atom. The van der Waals surface area contributed by atoms with Gasteiger partial charge in [-0.05, 0) is 19.1 Å². The van der Waals surface area contributed by atoms with E-state index < -0.39 is 0 Å². The van der Waals surface area contributed by atoms with Crippen molar-refractivity contribution < 1.29 is 0 Å². The summed E-state index contributed by atoms with van der Waals surface area (Å²) in [7, 11) is 0. The Balaban J connectivity index is 2.60. The number of nitrogens with two attached hydrogens (primary N) is 1. The van der Waals surface area contributed by atoms with E-state index in [1.165, 1.54) is 0 Å². The van der Waals surface area contributed by atoms with Gasteiger partial charge < -0.3 is 11.1 Å². The highest BCUT2D eigenvalue weighted by Gasteiger charge is 2.05. The molecule has 0 amide bonds. The molecule has 0 aliphatic rings. The van der Waals surface area contributed by atoms with Gasteiger partial charge in [-0.1, -0.05) is 36.0 Å². The highest BCUT2D eigenvalue weighted by atomic mass is 35.5. The van der Waals surface area contributed by atoms with Gasteiger partial charge in [-0.2, -0.15) is 0 Å². The van der Waals surface area contributed by atoms with E-state index in [9.17, 15) is 0 Å². The zero-order valence-corrected chi connectivity index (χ0v) is 9.53. The summed E-state index contributed by atoms with van der Waals surface area (Å²) in [5.41, 5.74) is 6.36. The van der Waals surface area contributed by atoms with Gasteiger partial charge in [-0.25, -0.2) is 0 Å². The van der Waals surface area contributed by atoms with E-state index in [2.05, 4.69) is 5.32 Å². The van der Waals surface area contributed by atoms with Crippen molar-refractivity contribution in [3.8, 4) is 0 Å². The van der Waals surface area contributed by atoms with Crippen molar-refractivity contribution in [3.63, 3.8) is 0 Å². The summed E-state index contributed by atoms with van der Waals surface area (Å²) in [6, 6.07) is 7.80. The Kier molecular flexibility index (Phi) is 4.17. The van der Waals surface area contributed by atoms with Crippen LogP contribution in [0.25, 0.3) is 0 Å². The summed E-state index contributed by atoms with van der Waals surface area (Å²) < 4.78 is 0. The molecule has 1 aromatic carbocycles. The fourth-order valence-corrected chi connectivity index (χ4v) is 1.64. The second-order valence-electron chi connectivity index (χ2n) is 3.20. The van der Waals surface area contributed by atoms with Crippen LogP contribution in [0.1, 0.15) is 13.3 Å². The predicted molar refractivity (Wildman–Crippen MR) is 65.9 cm³/mol. The lowest BCUT2D eigenvalue weighted by Gasteiger charge is -2.15. The lowest BCUT2D eigenvalue weighted by atomic mass is 10.2. The fourth-order valence-electron chi connectivity index (χ4n) is 1.20. The van der Waals surface area contributed by atoms with Crippen molar-refractivity contribution in [2.75, 3.05) is 5.32 Å². The molecule has 2 nitrogen and oxygen atoms in total. The van der Waals surface area contributed by atoms with E-state index in [0.717, 1.165) is 5.69 Å². The maximum absolute atomic E-state index is 5.98. The third-order valence-electron chi connectivity index (χ3n) is 1.78. The molecular weight excluding hydrogens is 216 g/mol. The van der Waals surface area contributed by atoms with Crippen LogP contribution in [0.5, 0.6) is 0 Å². The third-order valence-corrected chi connectivity index (χ3v) is 2.28. The Hall–Kier alpha value is -0.800. The monoisotopic (exact) mass is 228 g/mol. The summed E-state index contributed by atoms with van der Waals surface area (Å²) in [5.74, 6) is 0. The molecule has 1 rings (SSSR count). The largest absolute Gasteiger partial charge is 0.393 e. The normalized spacial score (nSPS) is 12.1. The van der Waals surface area contributed by atoms with Crippen molar-refractivity contribution >= 4 is 34.5 Å². The van der Waals surface area contributed by atoms with E-state index in [1.54, 1.807) is 0 Å². The first kappa shape index (κ1) is 11.3. The van der Waals surface area contributed by atoms with Crippen LogP contribution in [-0.2, 0) is 0 Å². The first-order chi connectivity index (χ1) is 6.59. The number of benzene rings is 1. The number of rotatable bonds is 4. The minimum Gasteiger partial charge on any atom is -0.393 e. The van der Waals surface area contributed by atoms with Crippen LogP contribution in [0, 0.1) is 0 Å². The summed E-state index contributed by atoms with van der Waals surface area (Å²) >= 11 is 10.8. The standard InChI is InChI=1S/C10H13ClN2S/c1-7(6-10(12)14)13-9-5-3-2-4-8(9)11/h2-5,7,13H,6H2,1H3,(H2,12,14). The molecule has 0 saturated heterocycles. The van der Waals surface area contributed by atoms with E-state index in [-0.39, 0.29) is 6.04 Å². The molecule has 4 heteroatoms. The van der Waals surface area contributed by atoms with Crippen LogP contribution in [-0.4, -0.2) is 11.0 Å². The van der Waals surface area contributed by atoms with E-state index in [1.807, 2.05) is 31.2 Å². The first-order valence-corrected chi connectivity index (χ1v) is 5.17. The van der Waals surface area contributed by atoms with Crippen LogP contribution >= 0.6 is 23.8 Å². The molecule has 3 N–H and O–H groups in total. The number of thiocarbonyl (C=S) groups is 1. The molecule has 1 atom stereocenters. The van der Waals surface area contributed by atoms with E-state index >= 15 is 0 Å². The summed E-state index contributed by atoms with van der Waals surface area (Å²) in [6.45, 7) is 2.02. The quantitative estimate of drug-likeness (QED) is 0.779. The molecule has 0 aliphatic carbocycles. The van der Waals surface area contributed by atoms with E-state index in [0.29, 0.717) is 16.4 Å². The van der Waals surface area contributed by atoms with Crippen LogP contribution in [0.15, 0.2) is 24.3 Å². The van der Waals surface area contributed by atoms with Gasteiger partial charge >= 0.3 is 0 Å². The molecule has 1 unspecified atom stereocenters. The van der Waals surface area contributed by atoms with Crippen LogP contribution in [0.4, 0.5) is 5.69 Å². The Morgan fingerprint density at radius 3 is 2.79 bits per heavy atom. The number of halogens is 1. The molecule has 14 heavy (non-hydrogen) atoms. The maximum atomic E-state index is 5.98. The second kappa shape index (κ2) is 5.17. The SMILES string of the molecule is CC(CC(N)=S)Nc1ccccc1Cl. The van der Waals surface area contributed by atoms with Gasteiger partial charge in [-0.15, -0.1) is 0 Å². The minimum atomic E-state index is 0.201. The van der Waals surface area contributed by atoms with Gasteiger partial charge in [-0.3, -0.25) is 0 Å². The van der Waals surface area contributed by atoms with Crippen molar-refractivity contribution in [2.24, 2.45) is 5.73 Å². The molecule has 0 fully saturated rings. The van der Waals surface area contributed by atoms with Crippen molar-refractivity contribution in [3.05, 3.63) is 29.3 Å². The molecule has 0 heterocycles. The molecule has 76 valence electrons. The highest BCUT2D eigenvalue weighted by molar-refractivity contribution is 7.80. The summed E-state index contributed by atoms with van der Waals surface area (Å²) in [4.78, 5) is 0.511. The fraction of sp³-hybridized carbons (Fsp3) is 0.300. The van der Waals surface area contributed by atoms with Crippen LogP contribution in [0.3, 0.4) is 0 Å². The zero-order valence-electron chi connectivity index (χ0n) is 7.96. The van der Waals surface area contributed by atoms with Gasteiger partial charge in [0, 0.05) is 12.5 Å². The second-order valence-corrected chi connectivity index (χ2v) is 4.13. The predicted octanol–water partition coefficient (Wildman–Crippen LogP) is 2.82. The maximum Gasteiger partial charge on any atom is 0.0747 e. The zero-order chi connectivity index (χ0) is 10.6. The number of hydrogen-bond donors (Lipinski definition) is 2. The molecule has 0 spiro atoms. The molecule has 0 radical (unpaired) electrons. The molecule has 1 aromatic rings. The average molecular weight is 229 g/mol. The molecular formula is C10H13ClN2S. The minimum absolute atomic E-state index is 0.201. The van der Waals surface area contributed by atoms with Crippen LogP contribution in [0.2, 0.25) is 5.02 Å². The topological polar surface area (TPSA) is 38.0 Å². The van der Waals surface area contributed by atoms with Gasteiger partial charge in [0.2, 0.25) is 0 Å². The number of hydrogen-bond acceptors (Lipinski definition) is 2. The smallest absolute Gasteiger partial charge is 0.0747 e. The third kappa shape index (κ3) is 3.52. The Labute approximate surface area is 94.4 Å². The van der Waals surface area contributed by atoms with Crippen molar-refractivity contribution in [1.29, 1.82) is 0 Å². The molecule has 0 aromatic heterocycles. The van der Waals surface area contributed by atoms with Gasteiger partial charge in [0.15, 0.2) is 0 Å². The molecule has 0 bridgehead atoms.